The number of fused-ring (bicyclic) bond motifs is 1. The Kier molecular flexibility index (Phi) is 8.15. The second-order valence-electron chi connectivity index (χ2n) is 10.6. The molecule has 0 N–H and O–H groups in total. The van der Waals surface area contributed by atoms with Gasteiger partial charge in [-0.05, 0) is 55.0 Å². The predicted octanol–water partition coefficient (Wildman–Crippen LogP) is 6.42. The maximum Gasteiger partial charge on any atom is 0.263 e. The van der Waals surface area contributed by atoms with Gasteiger partial charge in [0.25, 0.3) is 11.8 Å². The van der Waals surface area contributed by atoms with E-state index in [1.807, 2.05) is 37.4 Å². The monoisotopic (exact) mass is 526 g/mol. The number of ether oxygens (including phenoxy) is 1. The number of nitrogens with zero attached hydrogens (tertiary/aromatic N) is 4. The highest BCUT2D eigenvalue weighted by Gasteiger charge is 2.27. The summed E-state index contributed by atoms with van der Waals surface area (Å²) in [6.07, 6.45) is 12.8. The van der Waals surface area contributed by atoms with Crippen LogP contribution in [0, 0.1) is 0 Å². The molecular formula is C32H38N4O3. The summed E-state index contributed by atoms with van der Waals surface area (Å²) in [5.41, 5.74) is 5.03. The van der Waals surface area contributed by atoms with Crippen molar-refractivity contribution in [1.82, 2.24) is 19.0 Å². The smallest absolute Gasteiger partial charge is 0.263 e. The number of hydrogen-bond donors (Lipinski definition) is 0. The number of unbranched alkanes of at least 4 members (excludes halogenated alkanes) is 1. The number of imidazole rings is 1. The van der Waals surface area contributed by atoms with E-state index in [2.05, 4.69) is 35.7 Å². The van der Waals surface area contributed by atoms with Crippen molar-refractivity contribution in [2.45, 2.75) is 57.8 Å². The van der Waals surface area contributed by atoms with E-state index in [4.69, 9.17) is 4.74 Å². The lowest BCUT2D eigenvalue weighted by atomic mass is 9.81. The standard InChI is InChI=1S/C32H38N4O3/c1-4-5-18-34(2)29(37)21-39-28-14-10-9-13-26(28)31-30(23-11-7-6-8-12-23)25-16-15-24(20-27(25)35(31)3)32(38)36-19-17-33-22-36/h9-10,13-17,19-20,22-23H,4-8,11-12,18,21H2,1-3H3. The molecule has 0 unspecified atom stereocenters. The largest absolute Gasteiger partial charge is 0.483 e. The average Bonchev–Trinajstić information content (AvgIpc) is 3.61. The molecule has 0 atom stereocenters. The molecule has 7 nitrogen and oxygen atoms in total. The molecule has 5 rings (SSSR count). The van der Waals surface area contributed by atoms with Crippen molar-refractivity contribution in [1.29, 1.82) is 0 Å². The zero-order valence-electron chi connectivity index (χ0n) is 23.2. The van der Waals surface area contributed by atoms with E-state index in [-0.39, 0.29) is 18.4 Å². The number of aryl methyl sites for hydroxylation is 1. The molecule has 1 fully saturated rings. The van der Waals surface area contributed by atoms with Crippen molar-refractivity contribution in [3.63, 3.8) is 0 Å². The first kappa shape index (κ1) is 26.7. The molecule has 0 radical (unpaired) electrons. The molecule has 0 saturated heterocycles. The summed E-state index contributed by atoms with van der Waals surface area (Å²) in [4.78, 5) is 31.6. The summed E-state index contributed by atoms with van der Waals surface area (Å²) in [6.45, 7) is 2.86. The zero-order valence-corrected chi connectivity index (χ0v) is 23.2. The summed E-state index contributed by atoms with van der Waals surface area (Å²) < 4.78 is 9.89. The van der Waals surface area contributed by atoms with Crippen LogP contribution in [-0.2, 0) is 11.8 Å². The van der Waals surface area contributed by atoms with Crippen LogP contribution in [0.15, 0.2) is 61.2 Å². The second-order valence-corrected chi connectivity index (χ2v) is 10.6. The topological polar surface area (TPSA) is 69.4 Å². The molecule has 1 saturated carbocycles. The first-order valence-electron chi connectivity index (χ1n) is 14.1. The van der Waals surface area contributed by atoms with Crippen LogP contribution in [0.25, 0.3) is 22.2 Å². The Morgan fingerprint density at radius 1 is 1.10 bits per heavy atom. The number of likely N-dealkylation sites (N-methyl/N-ethyl adjacent to an activating group) is 1. The van der Waals surface area contributed by atoms with Gasteiger partial charge in [0.15, 0.2) is 6.61 Å². The minimum absolute atomic E-state index is 0.00346. The summed E-state index contributed by atoms with van der Waals surface area (Å²) in [6, 6.07) is 14.0. The number of carbonyl (C=O) groups excluding carboxylic acids is 2. The van der Waals surface area contributed by atoms with Gasteiger partial charge in [0.2, 0.25) is 0 Å². The maximum atomic E-state index is 13.1. The quantitative estimate of drug-likeness (QED) is 0.253. The van der Waals surface area contributed by atoms with Gasteiger partial charge in [-0.1, -0.05) is 50.8 Å². The molecule has 0 bridgehead atoms. The van der Waals surface area contributed by atoms with Crippen LogP contribution in [0.5, 0.6) is 5.75 Å². The molecule has 0 aliphatic heterocycles. The molecule has 2 aromatic heterocycles. The summed E-state index contributed by atoms with van der Waals surface area (Å²) >= 11 is 0. The summed E-state index contributed by atoms with van der Waals surface area (Å²) in [7, 11) is 3.90. The third kappa shape index (κ3) is 5.49. The van der Waals surface area contributed by atoms with Gasteiger partial charge in [0.1, 0.15) is 12.1 Å². The van der Waals surface area contributed by atoms with Crippen molar-refractivity contribution in [3.8, 4) is 17.0 Å². The fourth-order valence-electron chi connectivity index (χ4n) is 5.82. The highest BCUT2D eigenvalue weighted by atomic mass is 16.5. The average molecular weight is 527 g/mol. The van der Waals surface area contributed by atoms with E-state index in [9.17, 15) is 9.59 Å². The molecule has 1 aliphatic carbocycles. The van der Waals surface area contributed by atoms with Crippen LogP contribution in [0.4, 0.5) is 0 Å². The van der Waals surface area contributed by atoms with Gasteiger partial charge in [0, 0.05) is 55.1 Å². The normalized spacial score (nSPS) is 14.0. The minimum Gasteiger partial charge on any atom is -0.483 e. The van der Waals surface area contributed by atoms with Crippen molar-refractivity contribution in [2.75, 3.05) is 20.2 Å². The summed E-state index contributed by atoms with van der Waals surface area (Å²) in [5.74, 6) is 1.01. The molecule has 204 valence electrons. The number of aromatic nitrogens is 3. The molecule has 2 heterocycles. The van der Waals surface area contributed by atoms with Crippen LogP contribution in [0.1, 0.15) is 73.7 Å². The van der Waals surface area contributed by atoms with Gasteiger partial charge in [-0.3, -0.25) is 14.2 Å². The van der Waals surface area contributed by atoms with Crippen LogP contribution < -0.4 is 4.74 Å². The van der Waals surface area contributed by atoms with Gasteiger partial charge < -0.3 is 14.2 Å². The van der Waals surface area contributed by atoms with E-state index in [1.165, 1.54) is 41.1 Å². The highest BCUT2D eigenvalue weighted by Crippen LogP contribution is 2.45. The zero-order chi connectivity index (χ0) is 27.4. The maximum absolute atomic E-state index is 13.1. The Bertz CT molecular complexity index is 1450. The van der Waals surface area contributed by atoms with E-state index < -0.39 is 0 Å². The van der Waals surface area contributed by atoms with E-state index in [1.54, 1.807) is 17.3 Å². The van der Waals surface area contributed by atoms with E-state index in [0.29, 0.717) is 17.2 Å². The fraction of sp³-hybridized carbons (Fsp3) is 0.406. The van der Waals surface area contributed by atoms with Crippen molar-refractivity contribution in [2.24, 2.45) is 7.05 Å². The molecule has 1 amide bonds. The van der Waals surface area contributed by atoms with Crippen LogP contribution in [0.2, 0.25) is 0 Å². The number of carbonyl (C=O) groups is 2. The van der Waals surface area contributed by atoms with Crippen LogP contribution >= 0.6 is 0 Å². The summed E-state index contributed by atoms with van der Waals surface area (Å²) in [5, 5.41) is 1.17. The SMILES string of the molecule is CCCCN(C)C(=O)COc1ccccc1-c1c(C2CCCCC2)c2ccc(C(=O)n3ccnc3)cc2n1C. The Labute approximate surface area is 230 Å². The first-order chi connectivity index (χ1) is 19.0. The molecule has 7 heteroatoms. The first-order valence-corrected chi connectivity index (χ1v) is 14.1. The van der Waals surface area contributed by atoms with Crippen LogP contribution in [0.3, 0.4) is 0 Å². The number of hydrogen-bond acceptors (Lipinski definition) is 4. The molecule has 2 aromatic carbocycles. The minimum atomic E-state index is -0.106. The van der Waals surface area contributed by atoms with Gasteiger partial charge in [-0.15, -0.1) is 0 Å². The number of para-hydroxylation sites is 1. The Hall–Kier alpha value is -3.87. The molecule has 1 aliphatic rings. The van der Waals surface area contributed by atoms with Crippen LogP contribution in [-0.4, -0.2) is 51.0 Å². The van der Waals surface area contributed by atoms with Crippen molar-refractivity contribution in [3.05, 3.63) is 72.3 Å². The van der Waals surface area contributed by atoms with Gasteiger partial charge >= 0.3 is 0 Å². The van der Waals surface area contributed by atoms with Gasteiger partial charge in [0.05, 0.1) is 5.69 Å². The predicted molar refractivity (Wildman–Crippen MR) is 154 cm³/mol. The number of rotatable bonds is 9. The Morgan fingerprint density at radius 3 is 2.64 bits per heavy atom. The highest BCUT2D eigenvalue weighted by molar-refractivity contribution is 6.02. The molecule has 0 spiro atoms. The van der Waals surface area contributed by atoms with Crippen molar-refractivity contribution < 1.29 is 14.3 Å². The lowest BCUT2D eigenvalue weighted by Crippen LogP contribution is -2.32. The van der Waals surface area contributed by atoms with Gasteiger partial charge in [-0.25, -0.2) is 4.98 Å². The lowest BCUT2D eigenvalue weighted by Gasteiger charge is -2.24. The fourth-order valence-corrected chi connectivity index (χ4v) is 5.82. The third-order valence-corrected chi connectivity index (χ3v) is 8.01. The Morgan fingerprint density at radius 2 is 1.90 bits per heavy atom. The Balaban J connectivity index is 1.57. The lowest BCUT2D eigenvalue weighted by molar-refractivity contribution is -0.132. The second kappa shape index (κ2) is 11.9. The van der Waals surface area contributed by atoms with E-state index in [0.717, 1.165) is 49.0 Å². The molecule has 4 aromatic rings. The van der Waals surface area contributed by atoms with E-state index >= 15 is 0 Å². The molecular weight excluding hydrogens is 488 g/mol. The number of benzene rings is 2. The molecule has 39 heavy (non-hydrogen) atoms. The third-order valence-electron chi connectivity index (χ3n) is 8.01. The van der Waals surface area contributed by atoms with Gasteiger partial charge in [-0.2, -0.15) is 0 Å². The number of amides is 1. The van der Waals surface area contributed by atoms with Crippen molar-refractivity contribution >= 4 is 22.7 Å².